The lowest BCUT2D eigenvalue weighted by molar-refractivity contribution is -0.144. The fourth-order valence-corrected chi connectivity index (χ4v) is 1.86. The van der Waals surface area contributed by atoms with Crippen molar-refractivity contribution in [3.63, 3.8) is 0 Å². The quantitative estimate of drug-likeness (QED) is 0.767. The summed E-state index contributed by atoms with van der Waals surface area (Å²) in [5.74, 6) is -0.564. The number of methoxy groups -OCH3 is 1. The van der Waals surface area contributed by atoms with E-state index in [0.717, 1.165) is 11.8 Å². The molecule has 0 unspecified atom stereocenters. The largest absolute Gasteiger partial charge is 0.467 e. The van der Waals surface area contributed by atoms with E-state index in [2.05, 4.69) is 10.1 Å². The number of rotatable bonds is 5. The highest BCUT2D eigenvalue weighted by Crippen LogP contribution is 2.18. The Labute approximate surface area is 112 Å². The first-order valence-corrected chi connectivity index (χ1v) is 6.65. The van der Waals surface area contributed by atoms with E-state index in [4.69, 9.17) is 0 Å². The van der Waals surface area contributed by atoms with Crippen LogP contribution in [0.4, 0.5) is 0 Å². The molecule has 0 radical (unpaired) electrons. The molecule has 0 heterocycles. The Morgan fingerprint density at radius 2 is 1.83 bits per heavy atom. The Bertz CT molecular complexity index is 323. The maximum atomic E-state index is 11.7. The summed E-state index contributed by atoms with van der Waals surface area (Å²) in [5.41, 5.74) is -0.154. The van der Waals surface area contributed by atoms with E-state index in [0.29, 0.717) is 6.42 Å². The fraction of sp³-hybridized carbons (Fsp3) is 0.750. The van der Waals surface area contributed by atoms with E-state index in [1.165, 1.54) is 14.0 Å². The zero-order valence-corrected chi connectivity index (χ0v) is 12.3. The molecule has 0 saturated heterocycles. The summed E-state index contributed by atoms with van der Waals surface area (Å²) in [6, 6.07) is -0.779. The molecule has 0 aliphatic carbocycles. The summed E-state index contributed by atoms with van der Waals surface area (Å²) in [5, 5.41) is 2.49. The monoisotopic (exact) mass is 275 g/mol. The molecule has 0 aromatic rings. The predicted octanol–water partition coefficient (Wildman–Crippen LogP) is 1.36. The minimum Gasteiger partial charge on any atom is -0.467 e. The van der Waals surface area contributed by atoms with Gasteiger partial charge < -0.3 is 10.1 Å². The normalized spacial score (nSPS) is 12.7. The van der Waals surface area contributed by atoms with Crippen molar-refractivity contribution in [2.75, 3.05) is 12.9 Å². The van der Waals surface area contributed by atoms with Gasteiger partial charge in [-0.15, -0.1) is 0 Å². The van der Waals surface area contributed by atoms with E-state index < -0.39 is 12.0 Å². The summed E-state index contributed by atoms with van der Waals surface area (Å²) < 4.78 is 4.60. The van der Waals surface area contributed by atoms with Gasteiger partial charge in [-0.1, -0.05) is 32.5 Å². The van der Waals surface area contributed by atoms with Gasteiger partial charge in [0, 0.05) is 19.1 Å². The standard InChI is InChI=1S/C12H21NO4S/c1-8(14)18-7-9(11(16)17-5)13-10(15)6-12(2,3)4/h9H,6-7H2,1-5H3,(H,13,15)/t9-/m0/s1. The maximum Gasteiger partial charge on any atom is 0.329 e. The molecule has 0 rings (SSSR count). The molecule has 0 aromatic carbocycles. The van der Waals surface area contributed by atoms with Crippen molar-refractivity contribution in [2.24, 2.45) is 5.41 Å². The van der Waals surface area contributed by atoms with Crippen molar-refractivity contribution < 1.29 is 19.1 Å². The first kappa shape index (κ1) is 17.0. The van der Waals surface area contributed by atoms with Gasteiger partial charge in [-0.3, -0.25) is 9.59 Å². The Morgan fingerprint density at radius 1 is 1.28 bits per heavy atom. The Hall–Kier alpha value is -1.04. The molecule has 6 heteroatoms. The van der Waals surface area contributed by atoms with Crippen LogP contribution in [0.5, 0.6) is 0 Å². The first-order valence-electron chi connectivity index (χ1n) is 5.66. The first-order chi connectivity index (χ1) is 8.15. The molecule has 0 aliphatic heterocycles. The Kier molecular flexibility index (Phi) is 6.98. The minimum atomic E-state index is -0.779. The van der Waals surface area contributed by atoms with E-state index >= 15 is 0 Å². The number of nitrogens with one attached hydrogen (secondary N) is 1. The van der Waals surface area contributed by atoms with Gasteiger partial charge in [-0.2, -0.15) is 0 Å². The zero-order chi connectivity index (χ0) is 14.3. The van der Waals surface area contributed by atoms with Crippen LogP contribution in [-0.4, -0.2) is 35.9 Å². The number of hydrogen-bond donors (Lipinski definition) is 1. The molecule has 1 amide bonds. The average Bonchev–Trinajstić information content (AvgIpc) is 2.20. The lowest BCUT2D eigenvalue weighted by Crippen LogP contribution is -2.44. The van der Waals surface area contributed by atoms with E-state index in [-0.39, 0.29) is 22.2 Å². The second kappa shape index (κ2) is 7.41. The zero-order valence-electron chi connectivity index (χ0n) is 11.5. The third-order valence-electron chi connectivity index (χ3n) is 1.97. The summed E-state index contributed by atoms with van der Waals surface area (Å²) in [7, 11) is 1.25. The van der Waals surface area contributed by atoms with Crippen LogP contribution in [0.25, 0.3) is 0 Å². The van der Waals surface area contributed by atoms with Crippen molar-refractivity contribution in [2.45, 2.75) is 40.2 Å². The van der Waals surface area contributed by atoms with Crippen LogP contribution in [0.3, 0.4) is 0 Å². The topological polar surface area (TPSA) is 72.5 Å². The lowest BCUT2D eigenvalue weighted by Gasteiger charge is -2.20. The highest BCUT2D eigenvalue weighted by atomic mass is 32.2. The van der Waals surface area contributed by atoms with Crippen LogP contribution in [0.2, 0.25) is 0 Å². The SMILES string of the molecule is COC(=O)[C@H](CSC(C)=O)NC(=O)CC(C)(C)C. The van der Waals surface area contributed by atoms with Crippen LogP contribution >= 0.6 is 11.8 Å². The predicted molar refractivity (Wildman–Crippen MR) is 71.2 cm³/mol. The smallest absolute Gasteiger partial charge is 0.329 e. The number of ether oxygens (including phenoxy) is 1. The third-order valence-corrected chi connectivity index (χ3v) is 2.87. The molecule has 0 fully saturated rings. The summed E-state index contributed by atoms with van der Waals surface area (Å²) >= 11 is 0.989. The Balaban J connectivity index is 4.45. The van der Waals surface area contributed by atoms with Crippen molar-refractivity contribution in [3.05, 3.63) is 0 Å². The fourth-order valence-electron chi connectivity index (χ4n) is 1.24. The van der Waals surface area contributed by atoms with Gasteiger partial charge in [-0.25, -0.2) is 4.79 Å². The van der Waals surface area contributed by atoms with E-state index in [1.807, 2.05) is 20.8 Å². The molecule has 0 aliphatic rings. The lowest BCUT2D eigenvalue weighted by atomic mass is 9.92. The second-order valence-corrected chi connectivity index (χ2v) is 6.38. The van der Waals surface area contributed by atoms with Crippen molar-refractivity contribution in [1.29, 1.82) is 0 Å². The highest BCUT2D eigenvalue weighted by Gasteiger charge is 2.24. The Morgan fingerprint density at radius 3 is 2.22 bits per heavy atom. The van der Waals surface area contributed by atoms with Gasteiger partial charge in [0.1, 0.15) is 6.04 Å². The molecule has 0 spiro atoms. The molecule has 104 valence electrons. The van der Waals surface area contributed by atoms with Gasteiger partial charge >= 0.3 is 5.97 Å². The number of carbonyl (C=O) groups excluding carboxylic acids is 3. The molecular formula is C12H21NO4S. The maximum absolute atomic E-state index is 11.7. The van der Waals surface area contributed by atoms with Gasteiger partial charge in [-0.05, 0) is 5.41 Å². The van der Waals surface area contributed by atoms with Gasteiger partial charge in [0.2, 0.25) is 5.91 Å². The molecule has 0 aromatic heterocycles. The van der Waals surface area contributed by atoms with Crippen LogP contribution in [0.15, 0.2) is 0 Å². The molecule has 1 atom stereocenters. The van der Waals surface area contributed by atoms with Gasteiger partial charge in [0.15, 0.2) is 5.12 Å². The third kappa shape index (κ3) is 8.11. The minimum absolute atomic E-state index is 0.103. The summed E-state index contributed by atoms with van der Waals surface area (Å²) in [6.07, 6.45) is 0.311. The van der Waals surface area contributed by atoms with Crippen LogP contribution in [0.1, 0.15) is 34.1 Å². The van der Waals surface area contributed by atoms with Crippen LogP contribution < -0.4 is 5.32 Å². The van der Waals surface area contributed by atoms with Crippen molar-refractivity contribution in [1.82, 2.24) is 5.32 Å². The molecular weight excluding hydrogens is 254 g/mol. The van der Waals surface area contributed by atoms with E-state index in [1.54, 1.807) is 0 Å². The number of thioether (sulfide) groups is 1. The second-order valence-electron chi connectivity index (χ2n) is 5.18. The van der Waals surface area contributed by atoms with E-state index in [9.17, 15) is 14.4 Å². The molecule has 18 heavy (non-hydrogen) atoms. The number of hydrogen-bond acceptors (Lipinski definition) is 5. The van der Waals surface area contributed by atoms with Crippen LogP contribution in [-0.2, 0) is 19.1 Å². The molecule has 1 N–H and O–H groups in total. The van der Waals surface area contributed by atoms with Gasteiger partial charge in [0.05, 0.1) is 7.11 Å². The van der Waals surface area contributed by atoms with Crippen molar-refractivity contribution in [3.8, 4) is 0 Å². The number of esters is 1. The molecule has 0 bridgehead atoms. The highest BCUT2D eigenvalue weighted by molar-refractivity contribution is 8.13. The summed E-state index contributed by atoms with van der Waals surface area (Å²) in [4.78, 5) is 34.1. The average molecular weight is 275 g/mol. The number of amides is 1. The van der Waals surface area contributed by atoms with Gasteiger partial charge in [0.25, 0.3) is 0 Å². The molecule has 5 nitrogen and oxygen atoms in total. The molecule has 0 saturated carbocycles. The number of carbonyl (C=O) groups is 3. The van der Waals surface area contributed by atoms with Crippen LogP contribution in [0, 0.1) is 5.41 Å². The van der Waals surface area contributed by atoms with Crippen molar-refractivity contribution >= 4 is 28.8 Å². The summed E-state index contributed by atoms with van der Waals surface area (Å²) in [6.45, 7) is 7.22.